The number of guanidine groups is 1. The summed E-state index contributed by atoms with van der Waals surface area (Å²) in [5.41, 5.74) is 1.51. The lowest BCUT2D eigenvalue weighted by Gasteiger charge is -2.27. The lowest BCUT2D eigenvalue weighted by Crippen LogP contribution is -2.42. The molecule has 1 aliphatic rings. The van der Waals surface area contributed by atoms with Gasteiger partial charge in [-0.15, -0.1) is 22.7 Å². The van der Waals surface area contributed by atoms with Crippen LogP contribution in [0.4, 0.5) is 0 Å². The van der Waals surface area contributed by atoms with Crippen molar-refractivity contribution in [2.24, 2.45) is 4.99 Å². The second-order valence-electron chi connectivity index (χ2n) is 5.60. The van der Waals surface area contributed by atoms with E-state index >= 15 is 0 Å². The first kappa shape index (κ1) is 16.5. The summed E-state index contributed by atoms with van der Waals surface area (Å²) in [7, 11) is 0. The monoisotopic (exact) mass is 348 g/mol. The fraction of sp³-hybridized carbons (Fsp3) is 0.471. The number of nitrogens with one attached hydrogen (secondary N) is 2. The Morgan fingerprint density at radius 2 is 2.22 bits per heavy atom. The van der Waals surface area contributed by atoms with Crippen molar-refractivity contribution < 1.29 is 0 Å². The number of thiophene rings is 2. The predicted molar refractivity (Wildman–Crippen MR) is 100 cm³/mol. The van der Waals surface area contributed by atoms with Gasteiger partial charge in [0.15, 0.2) is 5.96 Å². The van der Waals surface area contributed by atoms with Gasteiger partial charge >= 0.3 is 0 Å². The van der Waals surface area contributed by atoms with E-state index in [1.54, 1.807) is 16.2 Å². The van der Waals surface area contributed by atoms with Gasteiger partial charge in [0.25, 0.3) is 0 Å². The Morgan fingerprint density at radius 1 is 1.26 bits per heavy atom. The molecule has 3 rings (SSSR count). The summed E-state index contributed by atoms with van der Waals surface area (Å²) in [5.74, 6) is 0.911. The Labute approximate surface area is 146 Å². The van der Waals surface area contributed by atoms with Gasteiger partial charge in [0.1, 0.15) is 0 Å². The Bertz CT molecular complexity index is 618. The van der Waals surface area contributed by atoms with E-state index in [-0.39, 0.29) is 0 Å². The van der Waals surface area contributed by atoms with Crippen LogP contribution >= 0.6 is 22.7 Å². The minimum Gasteiger partial charge on any atom is -0.357 e. The molecule has 6 heteroatoms. The molecule has 0 saturated carbocycles. The molecule has 2 aromatic heterocycles. The summed E-state index contributed by atoms with van der Waals surface area (Å²) in [6, 6.07) is 6.47. The van der Waals surface area contributed by atoms with Crippen molar-refractivity contribution in [3.8, 4) is 0 Å². The first-order valence-corrected chi connectivity index (χ1v) is 9.93. The number of hydrogen-bond donors (Lipinski definition) is 2. The van der Waals surface area contributed by atoms with E-state index < -0.39 is 0 Å². The van der Waals surface area contributed by atoms with Crippen LogP contribution in [0.15, 0.2) is 34.0 Å². The zero-order valence-corrected chi connectivity index (χ0v) is 15.2. The highest BCUT2D eigenvalue weighted by atomic mass is 32.1. The van der Waals surface area contributed by atoms with Crippen molar-refractivity contribution in [3.05, 3.63) is 44.3 Å². The van der Waals surface area contributed by atoms with Gasteiger partial charge in [-0.25, -0.2) is 4.99 Å². The Hall–Kier alpha value is -1.37. The van der Waals surface area contributed by atoms with E-state index in [4.69, 9.17) is 0 Å². The van der Waals surface area contributed by atoms with Crippen LogP contribution in [-0.2, 0) is 19.5 Å². The second kappa shape index (κ2) is 8.47. The van der Waals surface area contributed by atoms with Crippen molar-refractivity contribution in [1.82, 2.24) is 15.5 Å². The molecular formula is C17H24N4S2. The third kappa shape index (κ3) is 4.80. The van der Waals surface area contributed by atoms with Crippen molar-refractivity contribution in [3.63, 3.8) is 0 Å². The summed E-state index contributed by atoms with van der Waals surface area (Å²) in [6.45, 7) is 7.97. The number of hydrogen-bond acceptors (Lipinski definition) is 4. The SMILES string of the molecule is CCNC(=NCc1cccs1)NCCN1CCc2sccc2C1. The first-order valence-electron chi connectivity index (χ1n) is 8.17. The maximum Gasteiger partial charge on any atom is 0.191 e. The smallest absolute Gasteiger partial charge is 0.191 e. The molecule has 2 aromatic rings. The van der Waals surface area contributed by atoms with Gasteiger partial charge in [0.05, 0.1) is 6.54 Å². The topological polar surface area (TPSA) is 39.7 Å². The van der Waals surface area contributed by atoms with Gasteiger partial charge in [-0.2, -0.15) is 0 Å². The molecule has 23 heavy (non-hydrogen) atoms. The summed E-state index contributed by atoms with van der Waals surface area (Å²) >= 11 is 3.65. The third-order valence-corrected chi connectivity index (χ3v) is 5.81. The molecule has 1 aliphatic heterocycles. The molecule has 0 aromatic carbocycles. The van der Waals surface area contributed by atoms with E-state index in [9.17, 15) is 0 Å². The number of nitrogens with zero attached hydrogens (tertiary/aromatic N) is 2. The van der Waals surface area contributed by atoms with Gasteiger partial charge in [0, 0.05) is 42.5 Å². The zero-order valence-electron chi connectivity index (χ0n) is 13.5. The van der Waals surface area contributed by atoms with Crippen LogP contribution in [0.1, 0.15) is 22.2 Å². The average Bonchev–Trinajstić information content (AvgIpc) is 3.23. The van der Waals surface area contributed by atoms with Crippen molar-refractivity contribution >= 4 is 28.6 Å². The van der Waals surface area contributed by atoms with E-state index in [1.165, 1.54) is 16.9 Å². The van der Waals surface area contributed by atoms with Crippen LogP contribution in [0.25, 0.3) is 0 Å². The van der Waals surface area contributed by atoms with Crippen LogP contribution in [0, 0.1) is 0 Å². The number of rotatable bonds is 6. The first-order chi connectivity index (χ1) is 11.3. The molecule has 0 aliphatic carbocycles. The fourth-order valence-corrected chi connectivity index (χ4v) is 4.25. The van der Waals surface area contributed by atoms with Gasteiger partial charge < -0.3 is 10.6 Å². The molecular weight excluding hydrogens is 324 g/mol. The predicted octanol–water partition coefficient (Wildman–Crippen LogP) is 2.92. The Balaban J connectivity index is 1.45. The van der Waals surface area contributed by atoms with Crippen LogP contribution in [0.2, 0.25) is 0 Å². The van der Waals surface area contributed by atoms with Gasteiger partial charge in [-0.05, 0) is 41.8 Å². The van der Waals surface area contributed by atoms with Crippen molar-refractivity contribution in [2.45, 2.75) is 26.4 Å². The maximum atomic E-state index is 4.65. The highest BCUT2D eigenvalue weighted by Gasteiger charge is 2.16. The molecule has 0 bridgehead atoms. The van der Waals surface area contributed by atoms with Crippen molar-refractivity contribution in [2.75, 3.05) is 26.2 Å². The average molecular weight is 349 g/mol. The zero-order chi connectivity index (χ0) is 15.9. The largest absolute Gasteiger partial charge is 0.357 e. The van der Waals surface area contributed by atoms with Crippen LogP contribution in [0.3, 0.4) is 0 Å². The highest BCUT2D eigenvalue weighted by molar-refractivity contribution is 7.10. The minimum absolute atomic E-state index is 0.745. The minimum atomic E-state index is 0.745. The molecule has 0 atom stereocenters. The molecule has 0 radical (unpaired) electrons. The summed E-state index contributed by atoms with van der Waals surface area (Å²) in [6.07, 6.45) is 1.19. The molecule has 0 fully saturated rings. The number of aliphatic imine (C=N–C) groups is 1. The third-order valence-electron chi connectivity index (χ3n) is 3.92. The van der Waals surface area contributed by atoms with Crippen LogP contribution in [-0.4, -0.2) is 37.0 Å². The van der Waals surface area contributed by atoms with E-state index in [1.807, 2.05) is 11.3 Å². The fourth-order valence-electron chi connectivity index (χ4n) is 2.73. The van der Waals surface area contributed by atoms with Gasteiger partial charge in [-0.1, -0.05) is 6.07 Å². The van der Waals surface area contributed by atoms with Crippen LogP contribution < -0.4 is 10.6 Å². The Kier molecular flexibility index (Phi) is 6.07. The molecule has 4 nitrogen and oxygen atoms in total. The molecule has 2 N–H and O–H groups in total. The second-order valence-corrected chi connectivity index (χ2v) is 7.63. The summed E-state index contributed by atoms with van der Waals surface area (Å²) in [5, 5.41) is 11.1. The molecule has 0 unspecified atom stereocenters. The van der Waals surface area contributed by atoms with E-state index in [0.717, 1.165) is 45.2 Å². The van der Waals surface area contributed by atoms with E-state index in [0.29, 0.717) is 0 Å². The lowest BCUT2D eigenvalue weighted by molar-refractivity contribution is 0.260. The highest BCUT2D eigenvalue weighted by Crippen LogP contribution is 2.23. The van der Waals surface area contributed by atoms with Crippen LogP contribution in [0.5, 0.6) is 0 Å². The lowest BCUT2D eigenvalue weighted by atomic mass is 10.1. The quantitative estimate of drug-likeness (QED) is 0.623. The molecule has 124 valence electrons. The molecule has 0 amide bonds. The van der Waals surface area contributed by atoms with Gasteiger partial charge in [0.2, 0.25) is 0 Å². The maximum absolute atomic E-state index is 4.65. The van der Waals surface area contributed by atoms with E-state index in [2.05, 4.69) is 56.4 Å². The van der Waals surface area contributed by atoms with Crippen molar-refractivity contribution in [1.29, 1.82) is 0 Å². The van der Waals surface area contributed by atoms with Gasteiger partial charge in [-0.3, -0.25) is 4.90 Å². The standard InChI is InChI=1S/C17H24N4S2/c1-2-18-17(20-12-15-4-3-10-22-15)19-7-9-21-8-5-16-14(13-21)6-11-23-16/h3-4,6,10-11H,2,5,7-9,12-13H2,1H3,(H2,18,19,20). The number of fused-ring (bicyclic) bond motifs is 1. The summed E-state index contributed by atoms with van der Waals surface area (Å²) < 4.78 is 0. The Morgan fingerprint density at radius 3 is 3.04 bits per heavy atom. The summed E-state index contributed by atoms with van der Waals surface area (Å²) in [4.78, 5) is 10.0. The molecule has 0 spiro atoms. The molecule has 0 saturated heterocycles. The normalized spacial score (nSPS) is 15.4. The molecule has 3 heterocycles.